The number of hydrogen-bond acceptors (Lipinski definition) is 5. The van der Waals surface area contributed by atoms with Gasteiger partial charge < -0.3 is 45.5 Å². The van der Waals surface area contributed by atoms with Gasteiger partial charge in [-0.15, -0.1) is 0 Å². The Morgan fingerprint density at radius 1 is 1.11 bits per heavy atom. The van der Waals surface area contributed by atoms with Crippen LogP contribution in [0.4, 0.5) is 5.69 Å². The standard InChI is InChI=1S/C22H25N5O8P2/c1-22(37(33,34)35)13-5-3-7-17(36(30,31)32)19(13)15(25-21(29)16-9-12(23)11-27(16)2)10-18(22)26-20(28)14-6-4-8-24-14/h3-11,18,24H,23H2,1-2H3,(H,25,29)(H,26,28)(H2,30,31,32)(H2,33,34,35). The summed E-state index contributed by atoms with van der Waals surface area (Å²) in [6.07, 6.45) is 4.15. The van der Waals surface area contributed by atoms with Crippen LogP contribution < -0.4 is 21.7 Å². The van der Waals surface area contributed by atoms with Gasteiger partial charge in [0, 0.05) is 30.7 Å². The first-order valence-corrected chi connectivity index (χ1v) is 14.0. The maximum absolute atomic E-state index is 13.1. The molecule has 2 heterocycles. The average Bonchev–Trinajstić information content (AvgIpc) is 3.44. The molecule has 9 N–H and O–H groups in total. The van der Waals surface area contributed by atoms with Gasteiger partial charge in [-0.05, 0) is 42.8 Å². The number of hydrogen-bond donors (Lipinski definition) is 8. The number of nitrogens with one attached hydrogen (secondary N) is 3. The Bertz CT molecular complexity index is 1520. The Hall–Kier alpha value is -3.44. The van der Waals surface area contributed by atoms with Crippen LogP contribution in [0.2, 0.25) is 0 Å². The summed E-state index contributed by atoms with van der Waals surface area (Å²) in [6, 6.07) is 6.65. The molecule has 2 unspecified atom stereocenters. The molecule has 0 radical (unpaired) electrons. The molecule has 0 bridgehead atoms. The average molecular weight is 549 g/mol. The minimum atomic E-state index is -5.13. The van der Waals surface area contributed by atoms with Crippen LogP contribution in [-0.4, -0.2) is 47.0 Å². The molecule has 196 valence electrons. The first-order valence-electron chi connectivity index (χ1n) is 10.8. The number of aromatic nitrogens is 2. The lowest BCUT2D eigenvalue weighted by Gasteiger charge is -2.42. The fourth-order valence-electron chi connectivity index (χ4n) is 4.38. The SMILES string of the molecule is Cn1cc(N)cc1C(=O)NC1=CC(NC(=O)c2ccc[nH]2)C(C)(P(=O)(O)O)c2cccc(P(=O)(O)O)c21. The number of nitrogen functional groups attached to an aromatic ring is 1. The van der Waals surface area contributed by atoms with Crippen LogP contribution in [0.5, 0.6) is 0 Å². The predicted molar refractivity (Wildman–Crippen MR) is 135 cm³/mol. The van der Waals surface area contributed by atoms with Crippen molar-refractivity contribution in [3.63, 3.8) is 0 Å². The molecule has 1 aliphatic rings. The van der Waals surface area contributed by atoms with E-state index in [1.165, 1.54) is 54.2 Å². The molecule has 37 heavy (non-hydrogen) atoms. The fraction of sp³-hybridized carbons (Fsp3) is 0.182. The third-order valence-electron chi connectivity index (χ3n) is 6.35. The number of nitrogens with zero attached hydrogens (tertiary/aromatic N) is 1. The summed E-state index contributed by atoms with van der Waals surface area (Å²) in [5, 5.41) is 2.44. The van der Waals surface area contributed by atoms with Crippen molar-refractivity contribution in [3.05, 3.63) is 77.4 Å². The van der Waals surface area contributed by atoms with E-state index in [-0.39, 0.29) is 28.2 Å². The van der Waals surface area contributed by atoms with E-state index in [1.807, 2.05) is 0 Å². The second-order valence-corrected chi connectivity index (χ2v) is 12.4. The predicted octanol–water partition coefficient (Wildman–Crippen LogP) is 0.714. The van der Waals surface area contributed by atoms with Gasteiger partial charge in [-0.2, -0.15) is 0 Å². The second kappa shape index (κ2) is 9.14. The number of fused-ring (bicyclic) bond motifs is 1. The van der Waals surface area contributed by atoms with E-state index in [4.69, 9.17) is 5.73 Å². The topological polar surface area (TPSA) is 220 Å². The van der Waals surface area contributed by atoms with Crippen LogP contribution in [0.1, 0.15) is 39.0 Å². The zero-order chi connectivity index (χ0) is 27.3. The van der Waals surface area contributed by atoms with E-state index in [2.05, 4.69) is 15.6 Å². The number of aryl methyl sites for hydroxylation is 1. The first kappa shape index (κ1) is 26.6. The van der Waals surface area contributed by atoms with Crippen molar-refractivity contribution in [2.24, 2.45) is 7.05 Å². The molecular weight excluding hydrogens is 524 g/mol. The minimum Gasteiger partial charge on any atom is -0.397 e. The van der Waals surface area contributed by atoms with Gasteiger partial charge in [0.05, 0.1) is 17.0 Å². The summed E-state index contributed by atoms with van der Waals surface area (Å²) in [5.41, 5.74) is 5.72. The zero-order valence-corrected chi connectivity index (χ0v) is 21.4. The first-order chi connectivity index (χ1) is 17.1. The van der Waals surface area contributed by atoms with Gasteiger partial charge >= 0.3 is 15.2 Å². The third kappa shape index (κ3) is 4.69. The lowest BCUT2D eigenvalue weighted by Crippen LogP contribution is -2.51. The number of aromatic amines is 1. The maximum atomic E-state index is 13.1. The number of rotatable bonds is 6. The number of nitrogens with two attached hydrogens (primary N) is 1. The van der Waals surface area contributed by atoms with E-state index in [0.717, 1.165) is 6.07 Å². The smallest absolute Gasteiger partial charge is 0.356 e. The molecule has 0 fully saturated rings. The minimum absolute atomic E-state index is 0.112. The highest BCUT2D eigenvalue weighted by molar-refractivity contribution is 7.60. The lowest BCUT2D eigenvalue weighted by molar-refractivity contribution is 0.0930. The molecule has 0 spiro atoms. The van der Waals surface area contributed by atoms with Crippen molar-refractivity contribution in [2.45, 2.75) is 18.1 Å². The van der Waals surface area contributed by atoms with Crippen LogP contribution in [0, 0.1) is 0 Å². The number of anilines is 1. The zero-order valence-electron chi connectivity index (χ0n) is 19.6. The van der Waals surface area contributed by atoms with Gasteiger partial charge in [0.2, 0.25) is 0 Å². The molecule has 0 saturated carbocycles. The Balaban J connectivity index is 1.93. The summed E-state index contributed by atoms with van der Waals surface area (Å²) in [4.78, 5) is 69.7. The maximum Gasteiger partial charge on any atom is 0.356 e. The molecule has 4 rings (SSSR count). The monoisotopic (exact) mass is 549 g/mol. The van der Waals surface area contributed by atoms with Crippen LogP contribution in [-0.2, 0) is 21.3 Å². The summed E-state index contributed by atoms with van der Waals surface area (Å²) in [7, 11) is -8.55. The highest BCUT2D eigenvalue weighted by Gasteiger charge is 2.54. The van der Waals surface area contributed by atoms with E-state index in [9.17, 15) is 38.3 Å². The van der Waals surface area contributed by atoms with Crippen molar-refractivity contribution in [1.29, 1.82) is 0 Å². The summed E-state index contributed by atoms with van der Waals surface area (Å²) in [5.74, 6) is -1.40. The molecular formula is C22H25N5O8P2. The van der Waals surface area contributed by atoms with E-state index in [1.54, 1.807) is 13.1 Å². The number of H-pyrrole nitrogens is 1. The van der Waals surface area contributed by atoms with Crippen LogP contribution in [0.3, 0.4) is 0 Å². The molecule has 0 saturated heterocycles. The highest BCUT2D eigenvalue weighted by Crippen LogP contribution is 2.62. The van der Waals surface area contributed by atoms with Crippen molar-refractivity contribution in [2.75, 3.05) is 5.73 Å². The molecule has 1 aromatic carbocycles. The quantitative estimate of drug-likeness (QED) is 0.203. The summed E-state index contributed by atoms with van der Waals surface area (Å²) >= 11 is 0. The van der Waals surface area contributed by atoms with E-state index in [0.29, 0.717) is 5.69 Å². The van der Waals surface area contributed by atoms with Gasteiger partial charge in [-0.25, -0.2) is 0 Å². The van der Waals surface area contributed by atoms with Crippen molar-refractivity contribution in [1.82, 2.24) is 20.2 Å². The van der Waals surface area contributed by atoms with Crippen molar-refractivity contribution >= 4 is 43.7 Å². The van der Waals surface area contributed by atoms with E-state index < -0.39 is 43.5 Å². The van der Waals surface area contributed by atoms with Crippen molar-refractivity contribution < 1.29 is 38.3 Å². The highest BCUT2D eigenvalue weighted by atomic mass is 31.2. The summed E-state index contributed by atoms with van der Waals surface area (Å²) in [6.45, 7) is 1.18. The molecule has 2 atom stereocenters. The molecule has 2 aromatic heterocycles. The normalized spacial score (nSPS) is 19.6. The Morgan fingerprint density at radius 2 is 1.81 bits per heavy atom. The van der Waals surface area contributed by atoms with Gasteiger partial charge in [0.1, 0.15) is 16.5 Å². The van der Waals surface area contributed by atoms with Crippen LogP contribution >= 0.6 is 15.2 Å². The molecule has 3 aromatic rings. The second-order valence-electron chi connectivity index (χ2n) is 8.77. The molecule has 2 amide bonds. The lowest BCUT2D eigenvalue weighted by atomic mass is 9.81. The van der Waals surface area contributed by atoms with E-state index >= 15 is 0 Å². The third-order valence-corrected chi connectivity index (χ3v) is 9.08. The molecule has 15 heteroatoms. The van der Waals surface area contributed by atoms with Gasteiger partial charge in [0.15, 0.2) is 0 Å². The van der Waals surface area contributed by atoms with Crippen molar-refractivity contribution in [3.8, 4) is 0 Å². The number of amides is 2. The molecule has 13 nitrogen and oxygen atoms in total. The largest absolute Gasteiger partial charge is 0.397 e. The summed E-state index contributed by atoms with van der Waals surface area (Å²) < 4.78 is 26.8. The Morgan fingerprint density at radius 3 is 2.35 bits per heavy atom. The number of carbonyl (C=O) groups excluding carboxylic acids is 2. The number of carbonyl (C=O) groups is 2. The van der Waals surface area contributed by atoms with Crippen LogP contribution in [0.15, 0.2) is 54.9 Å². The van der Waals surface area contributed by atoms with Gasteiger partial charge in [0.25, 0.3) is 11.8 Å². The van der Waals surface area contributed by atoms with Crippen LogP contribution in [0.25, 0.3) is 5.70 Å². The fourth-order valence-corrected chi connectivity index (χ4v) is 6.20. The number of benzene rings is 1. The molecule has 0 aliphatic heterocycles. The van der Waals surface area contributed by atoms with Gasteiger partial charge in [-0.3, -0.25) is 18.7 Å². The molecule has 1 aliphatic carbocycles. The van der Waals surface area contributed by atoms with Gasteiger partial charge in [-0.1, -0.05) is 12.1 Å². The Labute approximate surface area is 210 Å². The Kier molecular flexibility index (Phi) is 6.58.